The number of benzene rings is 1. The molecule has 4 heterocycles. The molecule has 1 atom stereocenters. The maximum Gasteiger partial charge on any atom is 0.387 e. The second kappa shape index (κ2) is 7.89. The van der Waals surface area contributed by atoms with Crippen LogP contribution < -0.4 is 36.4 Å². The van der Waals surface area contributed by atoms with Crippen LogP contribution in [0.5, 0.6) is 11.5 Å². The van der Waals surface area contributed by atoms with Crippen molar-refractivity contribution >= 4 is 17.8 Å². The van der Waals surface area contributed by atoms with Gasteiger partial charge in [0.2, 0.25) is 0 Å². The number of nitrogens with zero attached hydrogens (tertiary/aromatic N) is 2. The van der Waals surface area contributed by atoms with Crippen LogP contribution in [0, 0.1) is 0 Å². The van der Waals surface area contributed by atoms with E-state index < -0.39 is 12.7 Å². The molecule has 0 fully saturated rings. The van der Waals surface area contributed by atoms with Gasteiger partial charge in [0, 0.05) is 43.3 Å². The number of hydrazine groups is 2. The number of halogens is 2. The molecule has 4 aliphatic heterocycles. The Morgan fingerprint density at radius 1 is 1.39 bits per heavy atom. The summed E-state index contributed by atoms with van der Waals surface area (Å²) in [5.74, 6) is 0.648. The van der Waals surface area contributed by atoms with Crippen LogP contribution in [0.15, 0.2) is 52.7 Å². The van der Waals surface area contributed by atoms with Crippen LogP contribution in [-0.2, 0) is 4.79 Å². The first-order chi connectivity index (χ1) is 15.1. The molecule has 4 aliphatic rings. The summed E-state index contributed by atoms with van der Waals surface area (Å²) < 4.78 is 36.5. The normalized spacial score (nSPS) is 21.2. The number of hydrogen-bond donors (Lipinski definition) is 5. The summed E-state index contributed by atoms with van der Waals surface area (Å²) >= 11 is 0. The highest BCUT2D eigenvalue weighted by Gasteiger charge is 2.32. The van der Waals surface area contributed by atoms with Crippen molar-refractivity contribution in [2.24, 2.45) is 4.99 Å². The summed E-state index contributed by atoms with van der Waals surface area (Å²) in [5, 5.41) is 7.59. The van der Waals surface area contributed by atoms with E-state index in [1.165, 1.54) is 6.07 Å². The minimum atomic E-state index is -3.00. The molecule has 5 rings (SSSR count). The van der Waals surface area contributed by atoms with E-state index in [1.807, 2.05) is 0 Å². The fourth-order valence-electron chi connectivity index (χ4n) is 3.67. The highest BCUT2D eigenvalue weighted by Crippen LogP contribution is 2.40. The Balaban J connectivity index is 1.42. The fourth-order valence-corrected chi connectivity index (χ4v) is 3.67. The first-order valence-electron chi connectivity index (χ1n) is 9.59. The van der Waals surface area contributed by atoms with Gasteiger partial charge >= 0.3 is 6.61 Å². The number of rotatable bonds is 5. The topological polar surface area (TPSA) is 111 Å². The van der Waals surface area contributed by atoms with Gasteiger partial charge in [-0.1, -0.05) is 0 Å². The van der Waals surface area contributed by atoms with E-state index in [9.17, 15) is 13.6 Å². The number of hydrogen-bond acceptors (Lipinski definition) is 9. The number of carbonyl (C=O) groups excluding carboxylic acids is 1. The number of anilines is 1. The molecule has 0 saturated heterocycles. The van der Waals surface area contributed by atoms with Crippen molar-refractivity contribution in [3.63, 3.8) is 0 Å². The maximum absolute atomic E-state index is 13.1. The lowest BCUT2D eigenvalue weighted by atomic mass is 10.0. The molecule has 5 N–H and O–H groups in total. The van der Waals surface area contributed by atoms with Gasteiger partial charge < -0.3 is 25.5 Å². The number of nitrogens with one attached hydrogen (secondary N) is 5. The second-order valence-electron chi connectivity index (χ2n) is 6.94. The van der Waals surface area contributed by atoms with Crippen molar-refractivity contribution in [1.82, 2.24) is 26.6 Å². The van der Waals surface area contributed by atoms with Crippen LogP contribution in [0.1, 0.15) is 11.6 Å². The van der Waals surface area contributed by atoms with Crippen LogP contribution in [0.25, 0.3) is 0 Å². The van der Waals surface area contributed by atoms with E-state index in [1.54, 1.807) is 35.8 Å². The highest BCUT2D eigenvalue weighted by molar-refractivity contribution is 5.96. The van der Waals surface area contributed by atoms with E-state index >= 15 is 0 Å². The Kier molecular flexibility index (Phi) is 4.92. The molecule has 0 bridgehead atoms. The predicted octanol–water partition coefficient (Wildman–Crippen LogP) is 0.829. The van der Waals surface area contributed by atoms with Crippen LogP contribution in [0.3, 0.4) is 0 Å². The Bertz CT molecular complexity index is 1040. The van der Waals surface area contributed by atoms with Crippen LogP contribution in [0.2, 0.25) is 0 Å². The third kappa shape index (κ3) is 3.66. The van der Waals surface area contributed by atoms with Gasteiger partial charge in [-0.05, 0) is 12.1 Å². The first kappa shape index (κ1) is 19.3. The SMILES string of the molecule is O=C(NC1=CNNC1c1cc2c(cc1OC(F)F)NCCO2)C1=C2N=CC=CN2NC1. The molecule has 1 unspecified atom stereocenters. The quantitative estimate of drug-likeness (QED) is 0.466. The predicted molar refractivity (Wildman–Crippen MR) is 107 cm³/mol. The van der Waals surface area contributed by atoms with Crippen molar-refractivity contribution in [1.29, 1.82) is 0 Å². The third-order valence-corrected chi connectivity index (χ3v) is 5.05. The standard InChI is InChI=1S/C19H19F2N7O3/c20-19(21)31-14-7-12-15(30-5-3-22-12)6-10(14)16-13(9-24-27-16)26-18(29)11-8-25-28-4-1-2-23-17(11)28/h1-2,4,6-7,9,16,19,22,24-25,27H,3,5,8H2,(H,26,29). The van der Waals surface area contributed by atoms with Gasteiger partial charge in [-0.3, -0.25) is 9.80 Å². The molecule has 31 heavy (non-hydrogen) atoms. The summed E-state index contributed by atoms with van der Waals surface area (Å²) in [6.45, 7) is -1.69. The second-order valence-corrected chi connectivity index (χ2v) is 6.94. The van der Waals surface area contributed by atoms with E-state index in [2.05, 4.69) is 31.9 Å². The lowest BCUT2D eigenvalue weighted by molar-refractivity contribution is -0.116. The van der Waals surface area contributed by atoms with Crippen molar-refractivity contribution in [2.75, 3.05) is 25.0 Å². The Hall–Kier alpha value is -3.64. The van der Waals surface area contributed by atoms with Gasteiger partial charge in [-0.25, -0.2) is 15.8 Å². The molecule has 0 spiro atoms. The Morgan fingerprint density at radius 2 is 2.29 bits per heavy atom. The molecule has 0 radical (unpaired) electrons. The zero-order chi connectivity index (χ0) is 21.4. The molecule has 1 aromatic carbocycles. The van der Waals surface area contributed by atoms with Crippen molar-refractivity contribution in [3.8, 4) is 11.5 Å². The number of aliphatic imine (C=N–C) groups is 1. The van der Waals surface area contributed by atoms with E-state index in [0.717, 1.165) is 0 Å². The maximum atomic E-state index is 13.1. The summed E-state index contributed by atoms with van der Waals surface area (Å²) in [4.78, 5) is 17.1. The van der Waals surface area contributed by atoms with Gasteiger partial charge in [0.15, 0.2) is 5.82 Å². The van der Waals surface area contributed by atoms with Crippen LogP contribution in [-0.4, -0.2) is 43.4 Å². The van der Waals surface area contributed by atoms with E-state index in [4.69, 9.17) is 9.47 Å². The van der Waals surface area contributed by atoms with Crippen molar-refractivity contribution in [3.05, 3.63) is 53.3 Å². The molecule has 1 amide bonds. The molecule has 162 valence electrons. The van der Waals surface area contributed by atoms with Gasteiger partial charge in [0.25, 0.3) is 5.91 Å². The number of allylic oxidation sites excluding steroid dienone is 1. The average molecular weight is 431 g/mol. The molecule has 0 aliphatic carbocycles. The summed E-state index contributed by atoms with van der Waals surface area (Å²) in [6, 6.07) is 2.45. The van der Waals surface area contributed by atoms with Gasteiger partial charge in [0.1, 0.15) is 18.1 Å². The smallest absolute Gasteiger partial charge is 0.387 e. The third-order valence-electron chi connectivity index (χ3n) is 5.05. The molecule has 12 heteroatoms. The Labute approximate surface area is 175 Å². The minimum absolute atomic E-state index is 0.0224. The fraction of sp³-hybridized carbons (Fsp3) is 0.263. The number of amides is 1. The lowest BCUT2D eigenvalue weighted by Gasteiger charge is -2.25. The van der Waals surface area contributed by atoms with Gasteiger partial charge in [-0.15, -0.1) is 0 Å². The van der Waals surface area contributed by atoms with E-state index in [0.29, 0.717) is 53.8 Å². The summed E-state index contributed by atoms with van der Waals surface area (Å²) in [5.41, 5.74) is 10.7. The van der Waals surface area contributed by atoms with Crippen molar-refractivity contribution in [2.45, 2.75) is 12.7 Å². The summed E-state index contributed by atoms with van der Waals surface area (Å²) in [6.07, 6.45) is 6.67. The molecule has 10 nitrogen and oxygen atoms in total. The largest absolute Gasteiger partial charge is 0.490 e. The first-order valence-corrected chi connectivity index (χ1v) is 9.59. The number of fused-ring (bicyclic) bond motifs is 2. The van der Waals surface area contributed by atoms with Crippen LogP contribution >= 0.6 is 0 Å². The van der Waals surface area contributed by atoms with E-state index in [-0.39, 0.29) is 11.7 Å². The highest BCUT2D eigenvalue weighted by atomic mass is 19.3. The minimum Gasteiger partial charge on any atom is -0.490 e. The monoisotopic (exact) mass is 431 g/mol. The number of alkyl halides is 2. The summed E-state index contributed by atoms with van der Waals surface area (Å²) in [7, 11) is 0. The molecule has 1 aromatic rings. The molecule has 0 aromatic heterocycles. The van der Waals surface area contributed by atoms with Gasteiger partial charge in [0.05, 0.1) is 23.0 Å². The van der Waals surface area contributed by atoms with Gasteiger partial charge in [-0.2, -0.15) is 8.78 Å². The zero-order valence-corrected chi connectivity index (χ0v) is 16.1. The Morgan fingerprint density at radius 3 is 3.16 bits per heavy atom. The lowest BCUT2D eigenvalue weighted by Crippen LogP contribution is -2.32. The van der Waals surface area contributed by atoms with Crippen molar-refractivity contribution < 1.29 is 23.0 Å². The molecular formula is C19H19F2N7O3. The number of carbonyl (C=O) groups is 1. The molecular weight excluding hydrogens is 412 g/mol. The molecule has 0 saturated carbocycles. The van der Waals surface area contributed by atoms with Crippen LogP contribution in [0.4, 0.5) is 14.5 Å². The zero-order valence-electron chi connectivity index (χ0n) is 16.1. The average Bonchev–Trinajstić information content (AvgIpc) is 3.40. The number of ether oxygens (including phenoxy) is 2.